The predicted molar refractivity (Wildman–Crippen MR) is 87.6 cm³/mol. The van der Waals surface area contributed by atoms with Gasteiger partial charge in [0.15, 0.2) is 5.82 Å². The zero-order valence-electron chi connectivity index (χ0n) is 13.5. The van der Waals surface area contributed by atoms with Crippen LogP contribution in [0.3, 0.4) is 0 Å². The van der Waals surface area contributed by atoms with Crippen molar-refractivity contribution in [1.82, 2.24) is 20.3 Å². The summed E-state index contributed by atoms with van der Waals surface area (Å²) in [6.45, 7) is 1.19. The topological polar surface area (TPSA) is 80.2 Å². The lowest BCUT2D eigenvalue weighted by Crippen LogP contribution is -2.47. The molecule has 4 rings (SSSR count). The minimum absolute atomic E-state index is 0.0680. The van der Waals surface area contributed by atoms with Crippen molar-refractivity contribution in [3.05, 3.63) is 48.3 Å². The fraction of sp³-hybridized carbons (Fsp3) is 0.412. The van der Waals surface area contributed by atoms with Gasteiger partial charge in [0.2, 0.25) is 5.95 Å². The largest absolute Gasteiger partial charge is 0.374 e. The Morgan fingerprint density at radius 3 is 2.92 bits per heavy atom. The van der Waals surface area contributed by atoms with Crippen LogP contribution in [0, 0.1) is 5.82 Å². The number of anilines is 1. The fourth-order valence-corrected chi connectivity index (χ4v) is 3.52. The normalized spacial score (nSPS) is 25.5. The number of halogens is 1. The van der Waals surface area contributed by atoms with Gasteiger partial charge in [-0.15, -0.1) is 0 Å². The highest BCUT2D eigenvalue weighted by molar-refractivity contribution is 5.94. The second kappa shape index (κ2) is 6.72. The molecule has 0 bridgehead atoms. The molecule has 2 aliphatic rings. The molecule has 2 aromatic rings. The summed E-state index contributed by atoms with van der Waals surface area (Å²) in [5.41, 5.74) is 0.506. The van der Waals surface area contributed by atoms with Gasteiger partial charge in [-0.05, 0) is 25.0 Å². The van der Waals surface area contributed by atoms with Crippen molar-refractivity contribution in [3.8, 4) is 0 Å². The van der Waals surface area contributed by atoms with Crippen LogP contribution >= 0.6 is 0 Å². The van der Waals surface area contributed by atoms with E-state index in [0.29, 0.717) is 24.7 Å². The second-order valence-corrected chi connectivity index (χ2v) is 6.22. The Labute approximate surface area is 144 Å². The van der Waals surface area contributed by atoms with Gasteiger partial charge in [0.05, 0.1) is 36.1 Å². The van der Waals surface area contributed by atoms with Crippen molar-refractivity contribution >= 4 is 11.9 Å². The van der Waals surface area contributed by atoms with Crippen LogP contribution in [0.15, 0.2) is 36.9 Å². The van der Waals surface area contributed by atoms with Gasteiger partial charge in [-0.1, -0.05) is 0 Å². The monoisotopic (exact) mass is 343 g/mol. The summed E-state index contributed by atoms with van der Waals surface area (Å²) in [5, 5.41) is 3.03. The molecule has 0 unspecified atom stereocenters. The average molecular weight is 343 g/mol. The second-order valence-electron chi connectivity index (χ2n) is 6.22. The van der Waals surface area contributed by atoms with Crippen molar-refractivity contribution in [2.75, 3.05) is 18.1 Å². The molecule has 1 amide bonds. The molecule has 0 radical (unpaired) electrons. The van der Waals surface area contributed by atoms with E-state index in [2.05, 4.69) is 20.3 Å². The molecule has 7 nitrogen and oxygen atoms in total. The van der Waals surface area contributed by atoms with E-state index in [4.69, 9.17) is 4.74 Å². The minimum atomic E-state index is -0.471. The van der Waals surface area contributed by atoms with Crippen LogP contribution in [-0.2, 0) is 4.74 Å². The number of pyridine rings is 1. The van der Waals surface area contributed by atoms with Crippen molar-refractivity contribution in [3.63, 3.8) is 0 Å². The number of carbonyl (C=O) groups is 1. The number of aromatic nitrogens is 3. The van der Waals surface area contributed by atoms with Gasteiger partial charge in [-0.3, -0.25) is 9.78 Å². The molecular weight excluding hydrogens is 325 g/mol. The Morgan fingerprint density at radius 2 is 2.16 bits per heavy atom. The number of carbonyl (C=O) groups excluding carboxylic acids is 1. The van der Waals surface area contributed by atoms with Crippen LogP contribution in [0.2, 0.25) is 0 Å². The molecule has 3 atom stereocenters. The maximum Gasteiger partial charge on any atom is 0.253 e. The molecular formula is C17H18FN5O2. The van der Waals surface area contributed by atoms with Gasteiger partial charge in [0, 0.05) is 25.5 Å². The van der Waals surface area contributed by atoms with E-state index < -0.39 is 5.82 Å². The summed E-state index contributed by atoms with van der Waals surface area (Å²) in [6, 6.07) is 3.32. The van der Waals surface area contributed by atoms with Crippen molar-refractivity contribution in [2.24, 2.45) is 0 Å². The van der Waals surface area contributed by atoms with Crippen LogP contribution in [0.5, 0.6) is 0 Å². The number of amides is 1. The maximum absolute atomic E-state index is 13.1. The predicted octanol–water partition coefficient (Wildman–Crippen LogP) is 1.18. The standard InChI is InChI=1S/C17H18FN5O2/c18-12-8-20-17(21-9-12)23-10-13(15-14(23)4-2-6-25-15)22-16(24)11-3-1-5-19-7-11/h1,3,5,7-9,13-15H,2,4,6,10H2,(H,22,24)/t13-,14+,15+/m0/s1. The molecule has 2 fully saturated rings. The zero-order valence-corrected chi connectivity index (χ0v) is 13.5. The smallest absolute Gasteiger partial charge is 0.253 e. The van der Waals surface area contributed by atoms with Gasteiger partial charge in [0.1, 0.15) is 0 Å². The summed E-state index contributed by atoms with van der Waals surface area (Å²) >= 11 is 0. The summed E-state index contributed by atoms with van der Waals surface area (Å²) in [4.78, 5) is 26.6. The maximum atomic E-state index is 13.1. The first-order valence-corrected chi connectivity index (χ1v) is 8.29. The molecule has 1 N–H and O–H groups in total. The number of fused-ring (bicyclic) bond motifs is 1. The molecule has 2 aliphatic heterocycles. The van der Waals surface area contributed by atoms with Crippen LogP contribution in [0.25, 0.3) is 0 Å². The number of hydrogen-bond donors (Lipinski definition) is 1. The van der Waals surface area contributed by atoms with E-state index in [0.717, 1.165) is 25.2 Å². The molecule has 0 saturated carbocycles. The first kappa shape index (κ1) is 15.9. The lowest BCUT2D eigenvalue weighted by atomic mass is 10.0. The number of nitrogens with zero attached hydrogens (tertiary/aromatic N) is 4. The van der Waals surface area contributed by atoms with Gasteiger partial charge >= 0.3 is 0 Å². The summed E-state index contributed by atoms with van der Waals surface area (Å²) < 4.78 is 19.0. The number of hydrogen-bond acceptors (Lipinski definition) is 6. The molecule has 130 valence electrons. The third-order valence-corrected chi connectivity index (χ3v) is 4.63. The molecule has 25 heavy (non-hydrogen) atoms. The number of rotatable bonds is 3. The van der Waals surface area contributed by atoms with Crippen LogP contribution in [0.4, 0.5) is 10.3 Å². The SMILES string of the molecule is O=C(N[C@H]1CN(c2ncc(F)cn2)[C@@H]2CCCO[C@H]12)c1cccnc1. The highest BCUT2D eigenvalue weighted by Gasteiger charge is 2.45. The van der Waals surface area contributed by atoms with E-state index in [9.17, 15) is 9.18 Å². The van der Waals surface area contributed by atoms with E-state index in [1.807, 2.05) is 4.90 Å². The summed E-state index contributed by atoms with van der Waals surface area (Å²) in [6.07, 6.45) is 7.19. The molecule has 4 heterocycles. The molecule has 8 heteroatoms. The number of nitrogens with one attached hydrogen (secondary N) is 1. The van der Waals surface area contributed by atoms with Crippen molar-refractivity contribution < 1.29 is 13.9 Å². The van der Waals surface area contributed by atoms with E-state index in [1.54, 1.807) is 18.3 Å². The third-order valence-electron chi connectivity index (χ3n) is 4.63. The Balaban J connectivity index is 1.54. The van der Waals surface area contributed by atoms with Gasteiger partial charge in [-0.2, -0.15) is 0 Å². The third kappa shape index (κ3) is 3.17. The number of ether oxygens (including phenoxy) is 1. The van der Waals surface area contributed by atoms with Gasteiger partial charge in [0.25, 0.3) is 5.91 Å². The Morgan fingerprint density at radius 1 is 1.32 bits per heavy atom. The molecule has 0 aromatic carbocycles. The Kier molecular flexibility index (Phi) is 4.27. The van der Waals surface area contributed by atoms with Crippen LogP contribution in [0.1, 0.15) is 23.2 Å². The highest BCUT2D eigenvalue weighted by atomic mass is 19.1. The molecule has 0 aliphatic carbocycles. The first-order valence-electron chi connectivity index (χ1n) is 8.29. The van der Waals surface area contributed by atoms with Crippen molar-refractivity contribution in [1.29, 1.82) is 0 Å². The lowest BCUT2D eigenvalue weighted by Gasteiger charge is -2.32. The van der Waals surface area contributed by atoms with E-state index in [1.165, 1.54) is 6.20 Å². The van der Waals surface area contributed by atoms with Crippen LogP contribution < -0.4 is 10.2 Å². The first-order chi connectivity index (χ1) is 12.2. The van der Waals surface area contributed by atoms with Crippen molar-refractivity contribution in [2.45, 2.75) is 31.0 Å². The van der Waals surface area contributed by atoms with E-state index >= 15 is 0 Å². The van der Waals surface area contributed by atoms with Crippen LogP contribution in [-0.4, -0.2) is 52.2 Å². The minimum Gasteiger partial charge on any atom is -0.374 e. The van der Waals surface area contributed by atoms with Gasteiger partial charge in [-0.25, -0.2) is 14.4 Å². The fourth-order valence-electron chi connectivity index (χ4n) is 3.52. The Bertz CT molecular complexity index is 742. The van der Waals surface area contributed by atoms with E-state index in [-0.39, 0.29) is 24.1 Å². The average Bonchev–Trinajstić information content (AvgIpc) is 3.02. The molecule has 2 aromatic heterocycles. The van der Waals surface area contributed by atoms with Gasteiger partial charge < -0.3 is 15.0 Å². The Hall–Kier alpha value is -2.61. The highest BCUT2D eigenvalue weighted by Crippen LogP contribution is 2.31. The lowest BCUT2D eigenvalue weighted by molar-refractivity contribution is 0.000624. The quantitative estimate of drug-likeness (QED) is 0.901. The zero-order chi connectivity index (χ0) is 17.2. The summed E-state index contributed by atoms with van der Waals surface area (Å²) in [5.74, 6) is -0.200. The molecule has 0 spiro atoms. The molecule has 2 saturated heterocycles. The summed E-state index contributed by atoms with van der Waals surface area (Å²) in [7, 11) is 0.